The third kappa shape index (κ3) is 7.62. The maximum atomic E-state index is 5.62. The zero-order valence-corrected chi connectivity index (χ0v) is 16.7. The van der Waals surface area contributed by atoms with Crippen LogP contribution in [0, 0.1) is 0 Å². The van der Waals surface area contributed by atoms with Crippen molar-refractivity contribution in [3.63, 3.8) is 0 Å². The van der Waals surface area contributed by atoms with Gasteiger partial charge in [-0.25, -0.2) is 0 Å². The van der Waals surface area contributed by atoms with E-state index in [1.807, 2.05) is 85.8 Å². The first-order valence-corrected chi connectivity index (χ1v) is 9.74. The molecule has 3 aromatic rings. The Hall–Kier alpha value is -3.40. The van der Waals surface area contributed by atoms with Crippen LogP contribution in [0.4, 0.5) is 0 Å². The molecule has 0 aliphatic carbocycles. The van der Waals surface area contributed by atoms with Gasteiger partial charge in [0.1, 0.15) is 13.2 Å². The van der Waals surface area contributed by atoms with E-state index < -0.39 is 0 Å². The molecule has 0 saturated heterocycles. The number of oxime groups is 2. The van der Waals surface area contributed by atoms with E-state index in [4.69, 9.17) is 9.68 Å². The van der Waals surface area contributed by atoms with Crippen molar-refractivity contribution in [2.45, 2.75) is 33.0 Å². The fourth-order valence-corrected chi connectivity index (χ4v) is 2.85. The predicted molar refractivity (Wildman–Crippen MR) is 118 cm³/mol. The third-order valence-electron chi connectivity index (χ3n) is 4.27. The normalized spacial score (nSPS) is 11.9. The van der Waals surface area contributed by atoms with Gasteiger partial charge in [0.15, 0.2) is 0 Å². The molecule has 0 aromatic heterocycles. The summed E-state index contributed by atoms with van der Waals surface area (Å²) in [5.74, 6) is 0. The Morgan fingerprint density at radius 1 is 0.621 bits per heavy atom. The lowest BCUT2D eigenvalue weighted by atomic mass is 10.0. The quantitative estimate of drug-likeness (QED) is 0.327. The average Bonchev–Trinajstić information content (AvgIpc) is 2.76. The van der Waals surface area contributed by atoms with Gasteiger partial charge in [0.2, 0.25) is 0 Å². The van der Waals surface area contributed by atoms with Gasteiger partial charge < -0.3 is 9.68 Å². The second-order valence-electron chi connectivity index (χ2n) is 6.84. The molecule has 0 bridgehead atoms. The number of hydrogen-bond acceptors (Lipinski definition) is 4. The molecular weight excluding hydrogens is 360 g/mol. The van der Waals surface area contributed by atoms with Crippen molar-refractivity contribution in [2.24, 2.45) is 10.3 Å². The van der Waals surface area contributed by atoms with E-state index in [-0.39, 0.29) is 0 Å². The number of hydrogen-bond donors (Lipinski definition) is 0. The minimum Gasteiger partial charge on any atom is -0.391 e. The van der Waals surface area contributed by atoms with Gasteiger partial charge in [-0.2, -0.15) is 0 Å². The Bertz CT molecular complexity index is 907. The Labute approximate surface area is 172 Å². The van der Waals surface area contributed by atoms with Crippen molar-refractivity contribution < 1.29 is 9.68 Å². The maximum Gasteiger partial charge on any atom is 0.142 e. The van der Waals surface area contributed by atoms with Crippen LogP contribution < -0.4 is 0 Å². The van der Waals surface area contributed by atoms with Gasteiger partial charge in [-0.05, 0) is 23.6 Å². The first-order valence-electron chi connectivity index (χ1n) is 9.74. The van der Waals surface area contributed by atoms with Crippen molar-refractivity contribution in [3.8, 4) is 0 Å². The van der Waals surface area contributed by atoms with Crippen molar-refractivity contribution >= 4 is 11.4 Å². The molecule has 3 aromatic carbocycles. The summed E-state index contributed by atoms with van der Waals surface area (Å²) in [5, 5.41) is 8.65. The molecule has 0 fully saturated rings. The second-order valence-corrected chi connectivity index (χ2v) is 6.84. The smallest absolute Gasteiger partial charge is 0.142 e. The summed E-state index contributed by atoms with van der Waals surface area (Å²) in [6, 6.07) is 30.3. The van der Waals surface area contributed by atoms with Gasteiger partial charge in [-0.3, -0.25) is 0 Å². The molecule has 0 amide bonds. The molecule has 0 heterocycles. The molecule has 0 N–H and O–H groups in total. The first kappa shape index (κ1) is 20.3. The van der Waals surface area contributed by atoms with Crippen LogP contribution in [0.5, 0.6) is 0 Å². The lowest BCUT2D eigenvalue weighted by Gasteiger charge is -2.08. The summed E-state index contributed by atoms with van der Waals surface area (Å²) in [4.78, 5) is 11.1. The van der Waals surface area contributed by atoms with E-state index in [0.717, 1.165) is 22.6 Å². The summed E-state index contributed by atoms with van der Waals surface area (Å²) < 4.78 is 0. The minimum absolute atomic E-state index is 0.444. The van der Waals surface area contributed by atoms with Crippen LogP contribution in [0.25, 0.3) is 0 Å². The Morgan fingerprint density at radius 3 is 1.59 bits per heavy atom. The molecule has 0 spiro atoms. The van der Waals surface area contributed by atoms with Gasteiger partial charge >= 0.3 is 0 Å². The van der Waals surface area contributed by atoms with Gasteiger partial charge in [-0.1, -0.05) is 101 Å². The highest BCUT2D eigenvalue weighted by atomic mass is 16.6. The number of nitrogens with zero attached hydrogens (tertiary/aromatic N) is 2. The molecule has 0 aliphatic rings. The molecule has 0 radical (unpaired) electrons. The van der Waals surface area contributed by atoms with Crippen LogP contribution in [-0.4, -0.2) is 11.4 Å². The van der Waals surface area contributed by atoms with Gasteiger partial charge in [-0.15, -0.1) is 0 Å². The Kier molecular flexibility index (Phi) is 8.03. The van der Waals surface area contributed by atoms with Crippen LogP contribution >= 0.6 is 0 Å². The molecule has 4 nitrogen and oxygen atoms in total. The highest BCUT2D eigenvalue weighted by Gasteiger charge is 2.06. The zero-order valence-electron chi connectivity index (χ0n) is 16.7. The van der Waals surface area contributed by atoms with E-state index in [0.29, 0.717) is 26.1 Å². The number of benzene rings is 3. The summed E-state index contributed by atoms with van der Waals surface area (Å²) in [6.45, 7) is 2.84. The lowest BCUT2D eigenvalue weighted by molar-refractivity contribution is 0.128. The molecule has 148 valence electrons. The Balaban J connectivity index is 1.60. The molecule has 0 unspecified atom stereocenters. The largest absolute Gasteiger partial charge is 0.391 e. The van der Waals surface area contributed by atoms with Crippen LogP contribution in [0.1, 0.15) is 30.0 Å². The summed E-state index contributed by atoms with van der Waals surface area (Å²) >= 11 is 0. The molecule has 4 heteroatoms. The van der Waals surface area contributed by atoms with Crippen molar-refractivity contribution in [2.75, 3.05) is 0 Å². The van der Waals surface area contributed by atoms with Gasteiger partial charge in [0, 0.05) is 12.8 Å². The van der Waals surface area contributed by atoms with Gasteiger partial charge in [0.05, 0.1) is 11.4 Å². The molecule has 0 atom stereocenters. The first-order chi connectivity index (χ1) is 14.3. The summed E-state index contributed by atoms with van der Waals surface area (Å²) in [5.41, 5.74) is 5.14. The van der Waals surface area contributed by atoms with Crippen LogP contribution in [0.3, 0.4) is 0 Å². The van der Waals surface area contributed by atoms with Crippen LogP contribution in [0.2, 0.25) is 0 Å². The topological polar surface area (TPSA) is 43.2 Å². The monoisotopic (exact) mass is 386 g/mol. The summed E-state index contributed by atoms with van der Waals surface area (Å²) in [6.07, 6.45) is 1.31. The lowest BCUT2D eigenvalue weighted by Crippen LogP contribution is -2.10. The number of rotatable bonds is 10. The highest BCUT2D eigenvalue weighted by molar-refractivity contribution is 6.03. The maximum absolute atomic E-state index is 5.62. The molecule has 0 aliphatic heterocycles. The second kappa shape index (κ2) is 11.4. The van der Waals surface area contributed by atoms with E-state index in [2.05, 4.69) is 22.4 Å². The Morgan fingerprint density at radius 2 is 1.07 bits per heavy atom. The van der Waals surface area contributed by atoms with Crippen molar-refractivity contribution in [1.29, 1.82) is 0 Å². The predicted octanol–water partition coefficient (Wildman–Crippen LogP) is 5.78. The molecular formula is C25H26N2O2. The average molecular weight is 386 g/mol. The van der Waals surface area contributed by atoms with Crippen molar-refractivity contribution in [3.05, 3.63) is 108 Å². The zero-order chi connectivity index (χ0) is 20.2. The highest BCUT2D eigenvalue weighted by Crippen LogP contribution is 2.08. The standard InChI is InChI=1S/C25H26N2O2/c1-21(26-28-19-23-13-7-3-8-14-23)17-25(18-22-11-5-2-6-12-22)27-29-20-24-15-9-4-10-16-24/h2-16H,17-20H2,1H3/b26-21+,27-25+. The van der Waals surface area contributed by atoms with Crippen LogP contribution in [0.15, 0.2) is 101 Å². The van der Waals surface area contributed by atoms with E-state index in [9.17, 15) is 0 Å². The summed E-state index contributed by atoms with van der Waals surface area (Å²) in [7, 11) is 0. The molecule has 3 rings (SSSR count). The SMILES string of the molecule is C/C(C/C(Cc1ccccc1)=N\OCc1ccccc1)=N\OCc1ccccc1. The minimum atomic E-state index is 0.444. The molecule has 0 saturated carbocycles. The fraction of sp³-hybridized carbons (Fsp3) is 0.200. The third-order valence-corrected chi connectivity index (χ3v) is 4.27. The fourth-order valence-electron chi connectivity index (χ4n) is 2.85. The van der Waals surface area contributed by atoms with Crippen LogP contribution in [-0.2, 0) is 29.3 Å². The van der Waals surface area contributed by atoms with E-state index in [1.54, 1.807) is 0 Å². The molecule has 29 heavy (non-hydrogen) atoms. The van der Waals surface area contributed by atoms with Gasteiger partial charge in [0.25, 0.3) is 0 Å². The van der Waals surface area contributed by atoms with E-state index in [1.165, 1.54) is 5.56 Å². The van der Waals surface area contributed by atoms with E-state index >= 15 is 0 Å². The van der Waals surface area contributed by atoms with Crippen molar-refractivity contribution in [1.82, 2.24) is 0 Å².